The molecule has 0 aromatic heterocycles. The minimum Gasteiger partial charge on any atom is -0.508 e. The van der Waals surface area contributed by atoms with Crippen LogP contribution >= 0.6 is 11.6 Å². The average Bonchev–Trinajstić information content (AvgIpc) is 3.49. The molecular weight excluding hydrogens is 659 g/mol. The maximum atomic E-state index is 14.5. The Balaban J connectivity index is 1.18. The van der Waals surface area contributed by atoms with E-state index in [9.17, 15) is 33.5 Å². The zero-order chi connectivity index (χ0) is 35.1. The first kappa shape index (κ1) is 31.8. The highest BCUT2D eigenvalue weighted by atomic mass is 35.5. The van der Waals surface area contributed by atoms with Crippen LogP contribution in [-0.2, 0) is 19.2 Å². The van der Waals surface area contributed by atoms with Crippen molar-refractivity contribution in [3.63, 3.8) is 0 Å². The molecule has 8 rings (SSSR count). The molecule has 4 aromatic carbocycles. The monoisotopic (exact) mass is 688 g/mol. The number of aromatic hydroxyl groups is 1. The SMILES string of the molecule is CC12C(=O)N(c3ccc(F)c(Cl)c3)C(=O)C1CC1C(=CCC3C(=O)N(c4ccc(C(=O)c5ccccc5)cc4)C(=O)C31)C2c1ccccc1O. The van der Waals surface area contributed by atoms with Crippen molar-refractivity contribution in [2.75, 3.05) is 9.80 Å². The van der Waals surface area contributed by atoms with Crippen LogP contribution in [0.15, 0.2) is 109 Å². The van der Waals surface area contributed by atoms with Crippen molar-refractivity contribution in [3.8, 4) is 5.75 Å². The van der Waals surface area contributed by atoms with Gasteiger partial charge in [0.15, 0.2) is 5.78 Å². The first-order valence-corrected chi connectivity index (χ1v) is 16.8. The predicted octanol–water partition coefficient (Wildman–Crippen LogP) is 6.85. The standard InChI is InChI=1S/C40H30ClFN2O6/c1-40-29(37(48)44(39(40)50)24-15-18-31(42)30(41)19-24)20-28-25(34(40)26-9-5-6-10-32(26)45)16-17-27-33(28)38(49)43(36(27)47)23-13-11-22(12-14-23)35(46)21-7-3-2-4-8-21/h2-16,18-19,27-29,33-34,45H,17,20H2,1H3. The van der Waals surface area contributed by atoms with Gasteiger partial charge in [0.05, 0.1) is 39.6 Å². The Kier molecular flexibility index (Phi) is 7.38. The van der Waals surface area contributed by atoms with Crippen LogP contribution in [0.5, 0.6) is 5.75 Å². The summed E-state index contributed by atoms with van der Waals surface area (Å²) in [7, 11) is 0. The van der Waals surface area contributed by atoms with E-state index < -0.39 is 58.5 Å². The number of amides is 4. The molecule has 2 saturated heterocycles. The highest BCUT2D eigenvalue weighted by Crippen LogP contribution is 2.64. The lowest BCUT2D eigenvalue weighted by Gasteiger charge is -2.49. The van der Waals surface area contributed by atoms with Gasteiger partial charge < -0.3 is 5.11 Å². The molecule has 10 heteroatoms. The Morgan fingerprint density at radius 2 is 1.46 bits per heavy atom. The summed E-state index contributed by atoms with van der Waals surface area (Å²) in [6.45, 7) is 1.70. The summed E-state index contributed by atoms with van der Waals surface area (Å²) in [6.07, 6.45) is 2.24. The van der Waals surface area contributed by atoms with Crippen molar-refractivity contribution >= 4 is 52.4 Å². The number of hydrogen-bond acceptors (Lipinski definition) is 6. The second kappa shape index (κ2) is 11.6. The molecule has 2 aliphatic carbocycles. The third-order valence-electron chi connectivity index (χ3n) is 11.1. The number of hydrogen-bond donors (Lipinski definition) is 1. The van der Waals surface area contributed by atoms with Gasteiger partial charge in [-0.1, -0.05) is 71.8 Å². The minimum absolute atomic E-state index is 0.0646. The normalized spacial score (nSPS) is 27.2. The average molecular weight is 689 g/mol. The van der Waals surface area contributed by atoms with Crippen molar-refractivity contribution in [2.24, 2.45) is 29.1 Å². The van der Waals surface area contributed by atoms with Gasteiger partial charge in [-0.15, -0.1) is 0 Å². The lowest BCUT2D eigenvalue weighted by Crippen LogP contribution is -2.48. The van der Waals surface area contributed by atoms with Crippen LogP contribution in [0.2, 0.25) is 5.02 Å². The highest BCUT2D eigenvalue weighted by molar-refractivity contribution is 6.32. The van der Waals surface area contributed by atoms with E-state index in [-0.39, 0.29) is 41.0 Å². The van der Waals surface area contributed by atoms with Crippen LogP contribution in [0.4, 0.5) is 15.8 Å². The molecule has 4 aromatic rings. The zero-order valence-electron chi connectivity index (χ0n) is 26.8. The van der Waals surface area contributed by atoms with Gasteiger partial charge in [0, 0.05) is 22.6 Å². The van der Waals surface area contributed by atoms with Crippen molar-refractivity contribution in [2.45, 2.75) is 25.7 Å². The molecule has 3 fully saturated rings. The second-order valence-electron chi connectivity index (χ2n) is 13.6. The number of carbonyl (C=O) groups is 5. The first-order chi connectivity index (χ1) is 24.0. The highest BCUT2D eigenvalue weighted by Gasteiger charge is 2.68. The van der Waals surface area contributed by atoms with Gasteiger partial charge in [0.25, 0.3) is 0 Å². The van der Waals surface area contributed by atoms with Crippen LogP contribution in [0.1, 0.15) is 47.2 Å². The number of nitrogens with zero attached hydrogens (tertiary/aromatic N) is 2. The number of allylic oxidation sites excluding steroid dienone is 2. The molecule has 0 spiro atoms. The summed E-state index contributed by atoms with van der Waals surface area (Å²) in [4.78, 5) is 72.3. The molecule has 6 atom stereocenters. The van der Waals surface area contributed by atoms with Crippen LogP contribution in [-0.4, -0.2) is 34.5 Å². The van der Waals surface area contributed by atoms with Gasteiger partial charge in [-0.05, 0) is 74.2 Å². The summed E-state index contributed by atoms with van der Waals surface area (Å²) >= 11 is 6.07. The number of halogens is 2. The summed E-state index contributed by atoms with van der Waals surface area (Å²) in [6, 6.07) is 25.4. The fourth-order valence-electron chi connectivity index (χ4n) is 8.73. The fraction of sp³-hybridized carbons (Fsp3) is 0.225. The van der Waals surface area contributed by atoms with E-state index in [4.69, 9.17) is 11.6 Å². The van der Waals surface area contributed by atoms with Gasteiger partial charge in [-0.25, -0.2) is 9.29 Å². The summed E-state index contributed by atoms with van der Waals surface area (Å²) in [5, 5.41) is 10.9. The molecule has 2 aliphatic heterocycles. The number of benzene rings is 4. The van der Waals surface area contributed by atoms with Crippen LogP contribution in [0, 0.1) is 34.9 Å². The molecular formula is C40H30ClFN2O6. The Bertz CT molecular complexity index is 2170. The Hall–Kier alpha value is -5.41. The summed E-state index contributed by atoms with van der Waals surface area (Å²) in [5.41, 5.74) is 1.17. The Labute approximate surface area is 291 Å². The second-order valence-corrected chi connectivity index (χ2v) is 14.0. The van der Waals surface area contributed by atoms with Gasteiger partial charge >= 0.3 is 0 Å². The van der Waals surface area contributed by atoms with Crippen molar-refractivity contribution in [3.05, 3.63) is 136 Å². The van der Waals surface area contributed by atoms with E-state index in [1.54, 1.807) is 73.7 Å². The fourth-order valence-corrected chi connectivity index (χ4v) is 8.91. The van der Waals surface area contributed by atoms with Crippen molar-refractivity contribution in [1.29, 1.82) is 0 Å². The lowest BCUT2D eigenvalue weighted by molar-refractivity contribution is -0.131. The number of fused-ring (bicyclic) bond motifs is 4. The minimum atomic E-state index is -1.38. The van der Waals surface area contributed by atoms with Crippen molar-refractivity contribution < 1.29 is 33.5 Å². The van der Waals surface area contributed by atoms with E-state index in [0.717, 1.165) is 16.5 Å². The van der Waals surface area contributed by atoms with Crippen LogP contribution in [0.3, 0.4) is 0 Å². The van der Waals surface area contributed by atoms with E-state index in [1.165, 1.54) is 23.1 Å². The molecule has 50 heavy (non-hydrogen) atoms. The van der Waals surface area contributed by atoms with E-state index >= 15 is 0 Å². The smallest absolute Gasteiger partial charge is 0.241 e. The van der Waals surface area contributed by atoms with Gasteiger partial charge in [-0.3, -0.25) is 28.9 Å². The quantitative estimate of drug-likeness (QED) is 0.139. The molecule has 1 saturated carbocycles. The molecule has 0 bridgehead atoms. The summed E-state index contributed by atoms with van der Waals surface area (Å²) < 4.78 is 14.1. The van der Waals surface area contributed by atoms with E-state index in [1.807, 2.05) is 12.1 Å². The third-order valence-corrected chi connectivity index (χ3v) is 11.4. The number of rotatable bonds is 5. The van der Waals surface area contributed by atoms with Gasteiger partial charge in [0.2, 0.25) is 23.6 Å². The number of carbonyl (C=O) groups excluding carboxylic acids is 5. The number of ketones is 1. The lowest BCUT2D eigenvalue weighted by atomic mass is 9.51. The number of phenols is 1. The maximum Gasteiger partial charge on any atom is 0.241 e. The zero-order valence-corrected chi connectivity index (χ0v) is 27.5. The van der Waals surface area contributed by atoms with E-state index in [0.29, 0.717) is 22.4 Å². The predicted molar refractivity (Wildman–Crippen MR) is 183 cm³/mol. The molecule has 2 heterocycles. The van der Waals surface area contributed by atoms with Crippen LogP contribution in [0.25, 0.3) is 0 Å². The first-order valence-electron chi connectivity index (χ1n) is 16.4. The molecule has 4 amide bonds. The molecule has 1 N–H and O–H groups in total. The Morgan fingerprint density at radius 3 is 2.16 bits per heavy atom. The molecule has 4 aliphatic rings. The molecule has 250 valence electrons. The number of para-hydroxylation sites is 1. The largest absolute Gasteiger partial charge is 0.508 e. The van der Waals surface area contributed by atoms with Crippen molar-refractivity contribution in [1.82, 2.24) is 0 Å². The summed E-state index contributed by atoms with van der Waals surface area (Å²) in [5.74, 6) is -6.62. The molecule has 6 unspecified atom stereocenters. The topological polar surface area (TPSA) is 112 Å². The van der Waals surface area contributed by atoms with E-state index in [2.05, 4.69) is 0 Å². The number of anilines is 2. The third kappa shape index (κ3) is 4.53. The van der Waals surface area contributed by atoms with Gasteiger partial charge in [-0.2, -0.15) is 0 Å². The number of imide groups is 2. The maximum absolute atomic E-state index is 14.5. The molecule has 0 radical (unpaired) electrons. The van der Waals surface area contributed by atoms with Gasteiger partial charge in [0.1, 0.15) is 11.6 Å². The molecule has 8 nitrogen and oxygen atoms in total. The number of phenolic OH excluding ortho intramolecular Hbond substituents is 1. The van der Waals surface area contributed by atoms with Crippen LogP contribution < -0.4 is 9.80 Å². The Morgan fingerprint density at radius 1 is 0.800 bits per heavy atom.